The van der Waals surface area contributed by atoms with Crippen molar-refractivity contribution in [2.75, 3.05) is 12.5 Å². The van der Waals surface area contributed by atoms with E-state index in [4.69, 9.17) is 19.9 Å². The molecule has 0 radical (unpaired) electrons. The number of fused-ring (bicyclic) bond motifs is 1. The van der Waals surface area contributed by atoms with Gasteiger partial charge in [-0.2, -0.15) is 0 Å². The number of nitrogen functional groups attached to an aromatic ring is 1. The van der Waals surface area contributed by atoms with Crippen LogP contribution < -0.4 is 19.9 Å². The molecule has 1 aliphatic rings. The predicted molar refractivity (Wildman–Crippen MR) is 76.2 cm³/mol. The molecule has 4 nitrogen and oxygen atoms in total. The summed E-state index contributed by atoms with van der Waals surface area (Å²) in [6.07, 6.45) is 0. The highest BCUT2D eigenvalue weighted by molar-refractivity contribution is 14.1. The van der Waals surface area contributed by atoms with Gasteiger partial charge in [0.25, 0.3) is 0 Å². The molecule has 2 aromatic carbocycles. The van der Waals surface area contributed by atoms with Gasteiger partial charge in [0.1, 0.15) is 11.6 Å². The molecule has 0 unspecified atom stereocenters. The van der Waals surface area contributed by atoms with E-state index in [1.165, 1.54) is 12.1 Å². The first kappa shape index (κ1) is 12.3. The first-order chi connectivity index (χ1) is 9.13. The van der Waals surface area contributed by atoms with Crippen molar-refractivity contribution in [3.8, 4) is 23.0 Å². The van der Waals surface area contributed by atoms with Crippen LogP contribution in [0.1, 0.15) is 0 Å². The number of benzene rings is 2. The van der Waals surface area contributed by atoms with E-state index in [9.17, 15) is 4.39 Å². The van der Waals surface area contributed by atoms with Gasteiger partial charge in [-0.3, -0.25) is 0 Å². The Morgan fingerprint density at radius 1 is 1.16 bits per heavy atom. The van der Waals surface area contributed by atoms with Crippen molar-refractivity contribution in [3.63, 3.8) is 0 Å². The molecule has 0 atom stereocenters. The number of hydrogen-bond acceptors (Lipinski definition) is 4. The molecule has 1 heterocycles. The molecule has 0 aliphatic carbocycles. The second kappa shape index (κ2) is 4.76. The lowest BCUT2D eigenvalue weighted by molar-refractivity contribution is 0.174. The lowest BCUT2D eigenvalue weighted by Gasteiger charge is -2.09. The molecule has 0 saturated carbocycles. The number of ether oxygens (including phenoxy) is 3. The lowest BCUT2D eigenvalue weighted by Crippen LogP contribution is -1.95. The van der Waals surface area contributed by atoms with Crippen LogP contribution in [0.5, 0.6) is 23.0 Å². The molecule has 0 bridgehead atoms. The van der Waals surface area contributed by atoms with Crippen LogP contribution in [-0.2, 0) is 0 Å². The summed E-state index contributed by atoms with van der Waals surface area (Å²) in [6.45, 7) is 0.194. The van der Waals surface area contributed by atoms with Crippen molar-refractivity contribution in [1.82, 2.24) is 0 Å². The fourth-order valence-electron chi connectivity index (χ4n) is 1.70. The Balaban J connectivity index is 1.91. The van der Waals surface area contributed by atoms with E-state index in [0.717, 1.165) is 0 Å². The van der Waals surface area contributed by atoms with Crippen molar-refractivity contribution in [1.29, 1.82) is 0 Å². The number of halogens is 2. The maximum Gasteiger partial charge on any atom is 0.231 e. The summed E-state index contributed by atoms with van der Waals surface area (Å²) >= 11 is 1.87. The van der Waals surface area contributed by atoms with Crippen molar-refractivity contribution in [3.05, 3.63) is 39.7 Å². The van der Waals surface area contributed by atoms with Crippen LogP contribution in [0.25, 0.3) is 0 Å². The normalized spacial score (nSPS) is 12.5. The first-order valence-corrected chi connectivity index (χ1v) is 6.53. The number of hydrogen-bond donors (Lipinski definition) is 1. The van der Waals surface area contributed by atoms with E-state index in [2.05, 4.69) is 0 Å². The molecule has 0 spiro atoms. The van der Waals surface area contributed by atoms with Gasteiger partial charge in [-0.1, -0.05) is 0 Å². The van der Waals surface area contributed by atoms with Gasteiger partial charge >= 0.3 is 0 Å². The van der Waals surface area contributed by atoms with Crippen molar-refractivity contribution in [2.45, 2.75) is 0 Å². The van der Waals surface area contributed by atoms with Gasteiger partial charge in [0.05, 0.1) is 9.26 Å². The second-order valence-corrected chi connectivity index (χ2v) is 5.08. The third kappa shape index (κ3) is 2.40. The van der Waals surface area contributed by atoms with Crippen LogP contribution in [-0.4, -0.2) is 6.79 Å². The average molecular weight is 373 g/mol. The average Bonchev–Trinajstić information content (AvgIpc) is 2.83. The third-order valence-corrected chi connectivity index (χ3v) is 3.45. The van der Waals surface area contributed by atoms with Gasteiger partial charge in [0, 0.05) is 12.1 Å². The molecule has 0 saturated heterocycles. The maximum absolute atomic E-state index is 13.5. The summed E-state index contributed by atoms with van der Waals surface area (Å²) in [5, 5.41) is 0. The number of nitrogens with two attached hydrogens (primary N) is 1. The largest absolute Gasteiger partial charge is 0.455 e. The molecular weight excluding hydrogens is 364 g/mol. The fourth-order valence-corrected chi connectivity index (χ4v) is 2.19. The van der Waals surface area contributed by atoms with Crippen LogP contribution in [0, 0.1) is 9.39 Å². The molecule has 0 fully saturated rings. The van der Waals surface area contributed by atoms with E-state index < -0.39 is 0 Å². The van der Waals surface area contributed by atoms with Crippen LogP contribution in [0.4, 0.5) is 10.1 Å². The summed E-state index contributed by atoms with van der Waals surface area (Å²) < 4.78 is 30.0. The van der Waals surface area contributed by atoms with Crippen molar-refractivity contribution in [2.24, 2.45) is 0 Å². The standard InChI is InChI=1S/C13H9FINO3/c14-8-4-12(10(16)5-9(8)15)19-7-1-2-11-13(3-7)18-6-17-11/h1-5H,6,16H2. The summed E-state index contributed by atoms with van der Waals surface area (Å²) in [5.41, 5.74) is 6.18. The monoisotopic (exact) mass is 373 g/mol. The highest BCUT2D eigenvalue weighted by Crippen LogP contribution is 2.38. The summed E-state index contributed by atoms with van der Waals surface area (Å²) in [5.74, 6) is 1.68. The molecular formula is C13H9FINO3. The van der Waals surface area contributed by atoms with Crippen LogP contribution in [0.3, 0.4) is 0 Å². The van der Waals surface area contributed by atoms with Gasteiger partial charge in [-0.15, -0.1) is 0 Å². The second-order valence-electron chi connectivity index (χ2n) is 3.92. The van der Waals surface area contributed by atoms with Crippen LogP contribution in [0.15, 0.2) is 30.3 Å². The lowest BCUT2D eigenvalue weighted by atomic mass is 10.2. The topological polar surface area (TPSA) is 53.7 Å². The minimum Gasteiger partial charge on any atom is -0.455 e. The highest BCUT2D eigenvalue weighted by atomic mass is 127. The fraction of sp³-hybridized carbons (Fsp3) is 0.0769. The Kier molecular flexibility index (Phi) is 3.09. The molecule has 0 aromatic heterocycles. The first-order valence-electron chi connectivity index (χ1n) is 5.45. The van der Waals surface area contributed by atoms with E-state index in [1.54, 1.807) is 18.2 Å². The zero-order valence-corrected chi connectivity index (χ0v) is 11.8. The van der Waals surface area contributed by atoms with Gasteiger partial charge in [0.15, 0.2) is 17.2 Å². The van der Waals surface area contributed by atoms with Crippen molar-refractivity contribution >= 4 is 28.3 Å². The number of rotatable bonds is 2. The third-order valence-electron chi connectivity index (χ3n) is 2.62. The number of anilines is 1. The molecule has 2 aromatic rings. The SMILES string of the molecule is Nc1cc(I)c(F)cc1Oc1ccc2c(c1)OCO2. The minimum absolute atomic E-state index is 0.194. The Labute approximate surface area is 122 Å². The van der Waals surface area contributed by atoms with Crippen molar-refractivity contribution < 1.29 is 18.6 Å². The van der Waals surface area contributed by atoms with Crippen LogP contribution >= 0.6 is 22.6 Å². The Morgan fingerprint density at radius 3 is 2.79 bits per heavy atom. The maximum atomic E-state index is 13.5. The summed E-state index contributed by atoms with van der Waals surface area (Å²) in [4.78, 5) is 0. The Bertz CT molecular complexity index is 648. The molecule has 2 N–H and O–H groups in total. The van der Waals surface area contributed by atoms with E-state index >= 15 is 0 Å². The van der Waals surface area contributed by atoms with E-state index in [0.29, 0.717) is 26.5 Å². The zero-order chi connectivity index (χ0) is 13.4. The van der Waals surface area contributed by atoms with E-state index in [1.807, 2.05) is 22.6 Å². The summed E-state index contributed by atoms with van der Waals surface area (Å²) in [7, 11) is 0. The van der Waals surface area contributed by atoms with Crippen LogP contribution in [0.2, 0.25) is 0 Å². The molecule has 3 rings (SSSR count). The van der Waals surface area contributed by atoms with Gasteiger partial charge in [-0.05, 0) is 40.8 Å². The van der Waals surface area contributed by atoms with Gasteiger partial charge < -0.3 is 19.9 Å². The molecule has 19 heavy (non-hydrogen) atoms. The highest BCUT2D eigenvalue weighted by Gasteiger charge is 2.15. The smallest absolute Gasteiger partial charge is 0.231 e. The van der Waals surface area contributed by atoms with E-state index in [-0.39, 0.29) is 18.4 Å². The predicted octanol–water partition coefficient (Wildman–Crippen LogP) is 3.53. The molecule has 0 amide bonds. The minimum atomic E-state index is -0.370. The molecule has 6 heteroatoms. The zero-order valence-electron chi connectivity index (χ0n) is 9.65. The quantitative estimate of drug-likeness (QED) is 0.647. The molecule has 1 aliphatic heterocycles. The Morgan fingerprint density at radius 2 is 1.95 bits per heavy atom. The Hall–Kier alpha value is -1.70. The molecule has 98 valence electrons. The summed E-state index contributed by atoms with van der Waals surface area (Å²) in [6, 6.07) is 7.91. The van der Waals surface area contributed by atoms with Gasteiger partial charge in [0.2, 0.25) is 6.79 Å². The van der Waals surface area contributed by atoms with Gasteiger partial charge in [-0.25, -0.2) is 4.39 Å².